The fourth-order valence-corrected chi connectivity index (χ4v) is 2.25. The summed E-state index contributed by atoms with van der Waals surface area (Å²) < 4.78 is 2.15. The maximum Gasteiger partial charge on any atom is 0.305 e. The predicted molar refractivity (Wildman–Crippen MR) is 57.3 cm³/mol. The highest BCUT2D eigenvalue weighted by atomic mass is 28.3. The van der Waals surface area contributed by atoms with Crippen LogP contribution < -0.4 is 0 Å². The highest BCUT2D eigenvalue weighted by Gasteiger charge is 2.26. The molecule has 1 N–H and O–H groups in total. The van der Waals surface area contributed by atoms with Gasteiger partial charge in [-0.05, 0) is 7.05 Å². The van der Waals surface area contributed by atoms with Crippen LogP contribution in [-0.4, -0.2) is 37.0 Å². The molecular formula is C9H19NO2Si. The summed E-state index contributed by atoms with van der Waals surface area (Å²) in [7, 11) is 0.561. The summed E-state index contributed by atoms with van der Waals surface area (Å²) in [5, 5.41) is 8.67. The summed E-state index contributed by atoms with van der Waals surface area (Å²) in [6.07, 6.45) is 1.86. The fraction of sp³-hybridized carbons (Fsp3) is 0.667. The molecule has 13 heavy (non-hydrogen) atoms. The van der Waals surface area contributed by atoms with Crippen molar-refractivity contribution in [2.24, 2.45) is 0 Å². The van der Waals surface area contributed by atoms with Crippen LogP contribution in [0.5, 0.6) is 0 Å². The van der Waals surface area contributed by atoms with E-state index >= 15 is 0 Å². The van der Waals surface area contributed by atoms with Gasteiger partial charge in [0.15, 0.2) is 0 Å². The molecule has 0 aromatic carbocycles. The van der Waals surface area contributed by atoms with Crippen LogP contribution in [0.25, 0.3) is 0 Å². The molecule has 0 fully saturated rings. The lowest BCUT2D eigenvalue weighted by molar-refractivity contribution is -0.137. The monoisotopic (exact) mass is 201 g/mol. The molecule has 0 amide bonds. The first-order valence-electron chi connectivity index (χ1n) is 4.36. The lowest BCUT2D eigenvalue weighted by Crippen LogP contribution is -2.49. The third-order valence-electron chi connectivity index (χ3n) is 2.21. The molecule has 0 aliphatic carbocycles. The maximum atomic E-state index is 10.5. The number of aliphatic carboxylic acids is 1. The molecule has 76 valence electrons. The summed E-state index contributed by atoms with van der Waals surface area (Å²) >= 11 is 0. The van der Waals surface area contributed by atoms with Gasteiger partial charge in [0.25, 0.3) is 0 Å². The Bertz CT molecular complexity index is 198. The van der Waals surface area contributed by atoms with Gasteiger partial charge in [-0.2, -0.15) is 0 Å². The lowest BCUT2D eigenvalue weighted by Gasteiger charge is -2.35. The Morgan fingerprint density at radius 3 is 2.31 bits per heavy atom. The Morgan fingerprint density at radius 1 is 1.62 bits per heavy atom. The Morgan fingerprint density at radius 2 is 2.08 bits per heavy atom. The zero-order chi connectivity index (χ0) is 10.6. The van der Waals surface area contributed by atoms with Gasteiger partial charge in [0.1, 0.15) is 8.24 Å². The van der Waals surface area contributed by atoms with Crippen molar-refractivity contribution in [3.8, 4) is 0 Å². The van der Waals surface area contributed by atoms with Crippen molar-refractivity contribution < 1.29 is 9.90 Å². The van der Waals surface area contributed by atoms with E-state index in [1.54, 1.807) is 6.08 Å². The van der Waals surface area contributed by atoms with E-state index in [0.29, 0.717) is 0 Å². The molecule has 0 spiro atoms. The van der Waals surface area contributed by atoms with Crippen molar-refractivity contribution >= 4 is 14.2 Å². The van der Waals surface area contributed by atoms with E-state index in [2.05, 4.69) is 30.8 Å². The molecule has 0 saturated heterocycles. The van der Waals surface area contributed by atoms with Gasteiger partial charge in [0.05, 0.1) is 6.42 Å². The second-order valence-electron chi connectivity index (χ2n) is 4.18. The number of hydrogen-bond acceptors (Lipinski definition) is 2. The van der Waals surface area contributed by atoms with E-state index in [4.69, 9.17) is 5.11 Å². The molecule has 0 aromatic rings. The van der Waals surface area contributed by atoms with Crippen molar-refractivity contribution in [3.05, 3.63) is 12.7 Å². The Hall–Kier alpha value is -0.613. The van der Waals surface area contributed by atoms with E-state index in [1.165, 1.54) is 0 Å². The number of hydrogen-bond donors (Lipinski definition) is 1. The summed E-state index contributed by atoms with van der Waals surface area (Å²) in [6.45, 7) is 10.2. The topological polar surface area (TPSA) is 40.5 Å². The van der Waals surface area contributed by atoms with Gasteiger partial charge < -0.3 is 9.67 Å². The van der Waals surface area contributed by atoms with Crippen LogP contribution in [-0.2, 0) is 4.79 Å². The van der Waals surface area contributed by atoms with Crippen molar-refractivity contribution in [2.45, 2.75) is 32.1 Å². The average molecular weight is 201 g/mol. The van der Waals surface area contributed by atoms with Crippen LogP contribution in [0.15, 0.2) is 12.7 Å². The second kappa shape index (κ2) is 4.57. The van der Waals surface area contributed by atoms with Crippen molar-refractivity contribution in [2.75, 3.05) is 7.05 Å². The molecule has 0 aliphatic heterocycles. The zero-order valence-corrected chi connectivity index (χ0v) is 9.87. The van der Waals surface area contributed by atoms with E-state index < -0.39 is 14.2 Å². The van der Waals surface area contributed by atoms with Crippen LogP contribution in [0.3, 0.4) is 0 Å². The standard InChI is InChI=1S/C9H19NO2Si/c1-6-8(7-9(11)12)10(2)13(3,4)5/h6,8H,1,7H2,2-5H3,(H,11,12). The molecule has 0 radical (unpaired) electrons. The third-order valence-corrected chi connectivity index (χ3v) is 4.66. The highest BCUT2D eigenvalue weighted by Crippen LogP contribution is 2.13. The second-order valence-corrected chi connectivity index (χ2v) is 9.23. The minimum atomic E-state index is -1.41. The largest absolute Gasteiger partial charge is 0.481 e. The number of rotatable bonds is 5. The summed E-state index contributed by atoms with van der Waals surface area (Å²) in [4.78, 5) is 10.5. The molecule has 0 heterocycles. The number of carboxylic acids is 1. The van der Waals surface area contributed by atoms with Crippen molar-refractivity contribution in [1.29, 1.82) is 0 Å². The third kappa shape index (κ3) is 4.24. The molecule has 0 bridgehead atoms. The quantitative estimate of drug-likeness (QED) is 0.544. The summed E-state index contributed by atoms with van der Waals surface area (Å²) in [5.74, 6) is -0.769. The SMILES string of the molecule is C=CC(CC(=O)O)N(C)[Si](C)(C)C. The number of carboxylic acid groups (broad SMARTS) is 1. The summed E-state index contributed by atoms with van der Waals surface area (Å²) in [5.41, 5.74) is 0. The molecular weight excluding hydrogens is 182 g/mol. The van der Waals surface area contributed by atoms with E-state index in [-0.39, 0.29) is 12.5 Å². The maximum absolute atomic E-state index is 10.5. The Labute approximate surface area is 81.1 Å². The lowest BCUT2D eigenvalue weighted by atomic mass is 10.2. The van der Waals surface area contributed by atoms with Gasteiger partial charge in [-0.15, -0.1) is 6.58 Å². The highest BCUT2D eigenvalue weighted by molar-refractivity contribution is 6.73. The van der Waals surface area contributed by atoms with Crippen LogP contribution in [0.1, 0.15) is 6.42 Å². The van der Waals surface area contributed by atoms with Crippen LogP contribution in [0, 0.1) is 0 Å². The van der Waals surface area contributed by atoms with Crippen LogP contribution in [0.2, 0.25) is 19.6 Å². The molecule has 4 heteroatoms. The molecule has 0 aromatic heterocycles. The molecule has 0 rings (SSSR count). The zero-order valence-electron chi connectivity index (χ0n) is 8.87. The first kappa shape index (κ1) is 12.4. The Balaban J connectivity index is 4.40. The van der Waals surface area contributed by atoms with Crippen molar-refractivity contribution in [3.63, 3.8) is 0 Å². The minimum absolute atomic E-state index is 0.0378. The number of carbonyl (C=O) groups is 1. The smallest absolute Gasteiger partial charge is 0.305 e. The van der Waals surface area contributed by atoms with Gasteiger partial charge >= 0.3 is 5.97 Å². The fourth-order valence-electron chi connectivity index (χ4n) is 1.05. The van der Waals surface area contributed by atoms with Gasteiger partial charge in [-0.25, -0.2) is 0 Å². The van der Waals surface area contributed by atoms with Crippen molar-refractivity contribution in [1.82, 2.24) is 4.57 Å². The predicted octanol–water partition coefficient (Wildman–Crippen LogP) is 1.78. The average Bonchev–Trinajstić information content (AvgIpc) is 1.96. The molecule has 1 unspecified atom stereocenters. The molecule has 0 saturated carbocycles. The van der Waals surface area contributed by atoms with E-state index in [1.807, 2.05) is 7.05 Å². The minimum Gasteiger partial charge on any atom is -0.481 e. The van der Waals surface area contributed by atoms with Gasteiger partial charge in [-0.3, -0.25) is 4.79 Å². The van der Waals surface area contributed by atoms with Crippen LogP contribution in [0.4, 0.5) is 0 Å². The number of nitrogens with zero attached hydrogens (tertiary/aromatic N) is 1. The molecule has 3 nitrogen and oxygen atoms in total. The molecule has 0 aliphatic rings. The van der Waals surface area contributed by atoms with E-state index in [9.17, 15) is 4.79 Å². The van der Waals surface area contributed by atoms with E-state index in [0.717, 1.165) is 0 Å². The molecule has 1 atom stereocenters. The summed E-state index contributed by atoms with van der Waals surface area (Å²) in [6, 6.07) is -0.0378. The number of likely N-dealkylation sites (N-methyl/N-ethyl adjacent to an activating group) is 1. The Kier molecular flexibility index (Phi) is 4.36. The van der Waals surface area contributed by atoms with Gasteiger partial charge in [0, 0.05) is 6.04 Å². The normalized spacial score (nSPS) is 14.2. The first-order valence-corrected chi connectivity index (χ1v) is 7.81. The van der Waals surface area contributed by atoms with Gasteiger partial charge in [0.2, 0.25) is 0 Å². The van der Waals surface area contributed by atoms with Crippen LogP contribution >= 0.6 is 0 Å². The first-order chi connectivity index (χ1) is 5.79. The van der Waals surface area contributed by atoms with Gasteiger partial charge in [-0.1, -0.05) is 25.7 Å².